The fraction of sp³-hybridized carbons (Fsp3) is 0.500. The molecular formula is C28H38N4O3S. The number of aromatic nitrogens is 1. The maximum atomic E-state index is 11.9. The number of amides is 1. The van der Waals surface area contributed by atoms with Crippen molar-refractivity contribution in [3.05, 3.63) is 62.8 Å². The zero-order valence-electron chi connectivity index (χ0n) is 21.2. The Kier molecular flexibility index (Phi) is 9.18. The average molecular weight is 511 g/mol. The Labute approximate surface area is 216 Å². The van der Waals surface area contributed by atoms with Gasteiger partial charge in [-0.1, -0.05) is 54.5 Å². The number of carbonyl (C=O) groups is 1. The first-order valence-electron chi connectivity index (χ1n) is 13.0. The minimum atomic E-state index is -0.259. The van der Waals surface area contributed by atoms with Gasteiger partial charge in [-0.15, -0.1) is 0 Å². The van der Waals surface area contributed by atoms with Crippen LogP contribution in [0.25, 0.3) is 10.2 Å². The Morgan fingerprint density at radius 3 is 2.53 bits per heavy atom. The lowest BCUT2D eigenvalue weighted by molar-refractivity contribution is -0.118. The van der Waals surface area contributed by atoms with Crippen LogP contribution in [0.5, 0.6) is 5.75 Å². The Morgan fingerprint density at radius 2 is 1.78 bits per heavy atom. The van der Waals surface area contributed by atoms with Crippen LogP contribution in [-0.4, -0.2) is 64.6 Å². The van der Waals surface area contributed by atoms with Crippen LogP contribution in [0.1, 0.15) is 48.8 Å². The standard InChI is InChI=1S/C28H38N4O3S/c1-20-6-2-3-7-21(20)12-15-31(16-14-25(29)34)18-19-32(23-8-4-5-9-23)17-13-22-10-11-24(33)26-27(22)36-28(35)30-26/h2-3,6-7,10-11,23,33H,4-5,8-9,12-19H2,1H3,(H2,29,34)(H,30,35). The summed E-state index contributed by atoms with van der Waals surface area (Å²) in [5.74, 6) is -0.135. The third kappa shape index (κ3) is 6.96. The molecule has 0 radical (unpaired) electrons. The lowest BCUT2D eigenvalue weighted by Gasteiger charge is -2.32. The van der Waals surface area contributed by atoms with Crippen molar-refractivity contribution in [1.82, 2.24) is 14.8 Å². The number of hydrogen-bond donors (Lipinski definition) is 3. The van der Waals surface area contributed by atoms with Gasteiger partial charge in [-0.05, 0) is 55.4 Å². The Morgan fingerprint density at radius 1 is 1.03 bits per heavy atom. The van der Waals surface area contributed by atoms with Crippen molar-refractivity contribution in [3.63, 3.8) is 0 Å². The number of nitrogens with zero attached hydrogens (tertiary/aromatic N) is 2. The highest BCUT2D eigenvalue weighted by molar-refractivity contribution is 7.16. The number of thiazole rings is 1. The summed E-state index contributed by atoms with van der Waals surface area (Å²) < 4.78 is 0.854. The van der Waals surface area contributed by atoms with Gasteiger partial charge in [-0.2, -0.15) is 0 Å². The molecule has 1 amide bonds. The number of carbonyl (C=O) groups excluding carboxylic acids is 1. The monoisotopic (exact) mass is 510 g/mol. The van der Waals surface area contributed by atoms with Crippen molar-refractivity contribution in [2.75, 3.05) is 32.7 Å². The van der Waals surface area contributed by atoms with Crippen LogP contribution >= 0.6 is 11.3 Å². The van der Waals surface area contributed by atoms with Crippen LogP contribution in [0.2, 0.25) is 0 Å². The van der Waals surface area contributed by atoms with E-state index >= 15 is 0 Å². The molecule has 1 fully saturated rings. The van der Waals surface area contributed by atoms with E-state index < -0.39 is 0 Å². The highest BCUT2D eigenvalue weighted by Gasteiger charge is 2.23. The third-order valence-electron chi connectivity index (χ3n) is 7.49. The molecule has 1 saturated carbocycles. The van der Waals surface area contributed by atoms with Crippen LogP contribution in [0.3, 0.4) is 0 Å². The number of benzene rings is 2. The minimum absolute atomic E-state index is 0.124. The summed E-state index contributed by atoms with van der Waals surface area (Å²) in [6, 6.07) is 12.7. The highest BCUT2D eigenvalue weighted by atomic mass is 32.1. The van der Waals surface area contributed by atoms with E-state index in [2.05, 4.69) is 46.0 Å². The van der Waals surface area contributed by atoms with Gasteiger partial charge in [-0.25, -0.2) is 0 Å². The zero-order chi connectivity index (χ0) is 25.5. The average Bonchev–Trinajstić information content (AvgIpc) is 3.52. The van der Waals surface area contributed by atoms with Crippen molar-refractivity contribution in [1.29, 1.82) is 0 Å². The SMILES string of the molecule is Cc1ccccc1CCN(CCC(N)=O)CCN(CCc1ccc(O)c2[nH]c(=O)sc12)C1CCCC1. The van der Waals surface area contributed by atoms with Crippen molar-refractivity contribution in [2.24, 2.45) is 5.73 Å². The molecular weight excluding hydrogens is 472 g/mol. The van der Waals surface area contributed by atoms with Gasteiger partial charge in [-0.3, -0.25) is 14.5 Å². The van der Waals surface area contributed by atoms with E-state index in [0.29, 0.717) is 24.5 Å². The largest absolute Gasteiger partial charge is 0.506 e. The molecule has 4 rings (SSSR count). The molecule has 0 aliphatic heterocycles. The molecule has 0 unspecified atom stereocenters. The topological polar surface area (TPSA) is 103 Å². The summed E-state index contributed by atoms with van der Waals surface area (Å²) in [6.07, 6.45) is 7.11. The molecule has 1 aromatic heterocycles. The van der Waals surface area contributed by atoms with E-state index in [1.807, 2.05) is 6.07 Å². The number of aryl methyl sites for hydroxylation is 1. The Bertz CT molecular complexity index is 1210. The second-order valence-corrected chi connectivity index (χ2v) is 10.9. The first-order valence-corrected chi connectivity index (χ1v) is 13.8. The number of phenols is 1. The molecule has 3 aromatic rings. The quantitative estimate of drug-likeness (QED) is 0.325. The van der Waals surface area contributed by atoms with Crippen molar-refractivity contribution in [3.8, 4) is 5.75 Å². The lowest BCUT2D eigenvalue weighted by Crippen LogP contribution is -2.42. The van der Waals surface area contributed by atoms with E-state index in [9.17, 15) is 14.7 Å². The number of hydrogen-bond acceptors (Lipinski definition) is 6. The van der Waals surface area contributed by atoms with E-state index in [0.717, 1.165) is 49.3 Å². The molecule has 0 atom stereocenters. The molecule has 0 spiro atoms. The summed E-state index contributed by atoms with van der Waals surface area (Å²) in [4.78, 5) is 31.0. The molecule has 1 aliphatic rings. The van der Waals surface area contributed by atoms with Crippen LogP contribution in [0.15, 0.2) is 41.2 Å². The van der Waals surface area contributed by atoms with Crippen molar-refractivity contribution < 1.29 is 9.90 Å². The summed E-state index contributed by atoms with van der Waals surface area (Å²) in [7, 11) is 0. The van der Waals surface area contributed by atoms with Gasteiger partial charge in [0.1, 0.15) is 11.3 Å². The Hall–Kier alpha value is -2.68. The Balaban J connectivity index is 1.42. The van der Waals surface area contributed by atoms with E-state index in [1.165, 1.54) is 48.1 Å². The van der Waals surface area contributed by atoms with Crippen LogP contribution in [-0.2, 0) is 17.6 Å². The highest BCUT2D eigenvalue weighted by Crippen LogP contribution is 2.29. The molecule has 36 heavy (non-hydrogen) atoms. The third-order valence-corrected chi connectivity index (χ3v) is 8.44. The van der Waals surface area contributed by atoms with Gasteiger partial charge < -0.3 is 20.7 Å². The van der Waals surface area contributed by atoms with Crippen molar-refractivity contribution in [2.45, 2.75) is 57.9 Å². The molecule has 1 aliphatic carbocycles. The van der Waals surface area contributed by atoms with Crippen LogP contribution < -0.4 is 10.6 Å². The number of primary amides is 1. The maximum absolute atomic E-state index is 11.9. The molecule has 1 heterocycles. The van der Waals surface area contributed by atoms with Gasteiger partial charge in [0.05, 0.1) is 4.70 Å². The fourth-order valence-electron chi connectivity index (χ4n) is 5.32. The number of nitrogens with one attached hydrogen (secondary N) is 1. The lowest BCUT2D eigenvalue weighted by atomic mass is 10.1. The van der Waals surface area contributed by atoms with E-state index in [4.69, 9.17) is 5.73 Å². The van der Waals surface area contributed by atoms with E-state index in [-0.39, 0.29) is 16.5 Å². The number of nitrogens with two attached hydrogens (primary N) is 1. The predicted molar refractivity (Wildman–Crippen MR) is 147 cm³/mol. The van der Waals surface area contributed by atoms with Gasteiger partial charge in [0.25, 0.3) is 0 Å². The number of H-pyrrole nitrogens is 1. The molecule has 194 valence electrons. The predicted octanol–water partition coefficient (Wildman–Crippen LogP) is 3.81. The number of rotatable bonds is 13. The van der Waals surface area contributed by atoms with Crippen LogP contribution in [0, 0.1) is 6.92 Å². The maximum Gasteiger partial charge on any atom is 0.305 e. The van der Waals surface area contributed by atoms with Gasteiger partial charge in [0, 0.05) is 45.2 Å². The second-order valence-electron chi connectivity index (χ2n) is 9.92. The van der Waals surface area contributed by atoms with Gasteiger partial charge in [0.2, 0.25) is 5.91 Å². The van der Waals surface area contributed by atoms with Crippen molar-refractivity contribution >= 4 is 27.5 Å². The summed E-state index contributed by atoms with van der Waals surface area (Å²) in [5.41, 5.74) is 9.76. The molecule has 7 nitrogen and oxygen atoms in total. The smallest absolute Gasteiger partial charge is 0.305 e. The second kappa shape index (κ2) is 12.5. The summed E-state index contributed by atoms with van der Waals surface area (Å²) in [6.45, 7) is 6.44. The number of aromatic hydroxyl groups is 1. The molecule has 2 aromatic carbocycles. The fourth-order valence-corrected chi connectivity index (χ4v) is 6.22. The molecule has 0 bridgehead atoms. The summed E-state index contributed by atoms with van der Waals surface area (Å²) >= 11 is 1.17. The first-order chi connectivity index (χ1) is 17.4. The van der Waals surface area contributed by atoms with Gasteiger partial charge in [0.15, 0.2) is 0 Å². The zero-order valence-corrected chi connectivity index (χ0v) is 22.0. The number of phenolic OH excluding ortho intramolecular Hbond substituents is 1. The number of aromatic amines is 1. The first kappa shape index (κ1) is 26.4. The summed E-state index contributed by atoms with van der Waals surface area (Å²) in [5, 5.41) is 10.1. The molecule has 4 N–H and O–H groups in total. The molecule has 8 heteroatoms. The van der Waals surface area contributed by atoms with Gasteiger partial charge >= 0.3 is 4.87 Å². The minimum Gasteiger partial charge on any atom is -0.506 e. The van der Waals surface area contributed by atoms with Crippen LogP contribution in [0.4, 0.5) is 0 Å². The van der Waals surface area contributed by atoms with E-state index in [1.54, 1.807) is 6.07 Å². The number of fused-ring (bicyclic) bond motifs is 1. The normalized spacial score (nSPS) is 14.4. The molecule has 0 saturated heterocycles.